The van der Waals surface area contributed by atoms with Crippen molar-refractivity contribution in [1.82, 2.24) is 4.98 Å². The first kappa shape index (κ1) is 8.42. The van der Waals surface area contributed by atoms with Crippen LogP contribution in [0.25, 0.3) is 0 Å². The Balaban J connectivity index is 2.04. The van der Waals surface area contributed by atoms with Crippen LogP contribution in [0.2, 0.25) is 0 Å². The fourth-order valence-electron chi connectivity index (χ4n) is 1.78. The zero-order valence-electron chi connectivity index (χ0n) is 7.73. The lowest BCUT2D eigenvalue weighted by atomic mass is 10.1. The Kier molecular flexibility index (Phi) is 2.13. The van der Waals surface area contributed by atoms with E-state index in [1.54, 1.807) is 6.20 Å². The lowest BCUT2D eigenvalue weighted by Crippen LogP contribution is -1.99. The van der Waals surface area contributed by atoms with Gasteiger partial charge in [-0.1, -0.05) is 13.0 Å². The molecule has 0 amide bonds. The lowest BCUT2D eigenvalue weighted by Gasteiger charge is -1.96. The van der Waals surface area contributed by atoms with Gasteiger partial charge in [0.1, 0.15) is 5.78 Å². The molecule has 2 heteroatoms. The van der Waals surface area contributed by atoms with E-state index in [1.807, 2.05) is 19.2 Å². The fourth-order valence-corrected chi connectivity index (χ4v) is 1.78. The number of hydrogen-bond acceptors (Lipinski definition) is 2. The molecule has 0 spiro atoms. The van der Waals surface area contributed by atoms with Crippen molar-refractivity contribution in [1.29, 1.82) is 0 Å². The standard InChI is InChI=1S/C11H13NO/c1-2-11(13)10-6-9(10)8-4-3-5-12-7-8/h3-5,7,9-10H,2,6H2,1H3/t9-,10+/m1/s1. The van der Waals surface area contributed by atoms with Crippen molar-refractivity contribution < 1.29 is 4.79 Å². The van der Waals surface area contributed by atoms with Crippen LogP contribution in [0.3, 0.4) is 0 Å². The van der Waals surface area contributed by atoms with Crippen LogP contribution < -0.4 is 0 Å². The van der Waals surface area contributed by atoms with Gasteiger partial charge in [-0.3, -0.25) is 9.78 Å². The van der Waals surface area contributed by atoms with Crippen molar-refractivity contribution in [2.75, 3.05) is 0 Å². The topological polar surface area (TPSA) is 30.0 Å². The van der Waals surface area contributed by atoms with E-state index < -0.39 is 0 Å². The van der Waals surface area contributed by atoms with Crippen LogP contribution in [0.1, 0.15) is 31.2 Å². The molecule has 1 aromatic rings. The first-order valence-corrected chi connectivity index (χ1v) is 4.75. The molecule has 13 heavy (non-hydrogen) atoms. The van der Waals surface area contributed by atoms with E-state index in [4.69, 9.17) is 0 Å². The van der Waals surface area contributed by atoms with Gasteiger partial charge in [0, 0.05) is 24.7 Å². The molecule has 2 nitrogen and oxygen atoms in total. The Labute approximate surface area is 78.0 Å². The molecule has 1 saturated carbocycles. The maximum Gasteiger partial charge on any atom is 0.136 e. The molecule has 68 valence electrons. The molecule has 0 aromatic carbocycles. The molecule has 0 unspecified atom stereocenters. The molecule has 2 rings (SSSR count). The van der Waals surface area contributed by atoms with Gasteiger partial charge in [-0.05, 0) is 24.0 Å². The van der Waals surface area contributed by atoms with Gasteiger partial charge in [-0.25, -0.2) is 0 Å². The van der Waals surface area contributed by atoms with Crippen LogP contribution in [0, 0.1) is 5.92 Å². The molecule has 0 radical (unpaired) electrons. The second kappa shape index (κ2) is 3.29. The molecule has 2 atom stereocenters. The van der Waals surface area contributed by atoms with Gasteiger partial charge in [0.2, 0.25) is 0 Å². The van der Waals surface area contributed by atoms with Crippen molar-refractivity contribution in [3.8, 4) is 0 Å². The van der Waals surface area contributed by atoms with Gasteiger partial charge in [-0.15, -0.1) is 0 Å². The van der Waals surface area contributed by atoms with Crippen LogP contribution in [-0.4, -0.2) is 10.8 Å². The molecule has 0 saturated heterocycles. The Morgan fingerprint density at radius 1 is 1.69 bits per heavy atom. The Morgan fingerprint density at radius 3 is 3.15 bits per heavy atom. The number of pyridine rings is 1. The highest BCUT2D eigenvalue weighted by Gasteiger charge is 2.42. The molecule has 0 aliphatic heterocycles. The van der Waals surface area contributed by atoms with E-state index >= 15 is 0 Å². The van der Waals surface area contributed by atoms with E-state index in [0.29, 0.717) is 18.1 Å². The summed E-state index contributed by atoms with van der Waals surface area (Å²) < 4.78 is 0. The van der Waals surface area contributed by atoms with Gasteiger partial charge < -0.3 is 0 Å². The largest absolute Gasteiger partial charge is 0.299 e. The molecule has 0 N–H and O–H groups in total. The number of nitrogens with zero attached hydrogens (tertiary/aromatic N) is 1. The van der Waals surface area contributed by atoms with E-state index in [0.717, 1.165) is 6.42 Å². The van der Waals surface area contributed by atoms with Crippen molar-refractivity contribution in [2.24, 2.45) is 5.92 Å². The summed E-state index contributed by atoms with van der Waals surface area (Å²) in [5.74, 6) is 1.14. The van der Waals surface area contributed by atoms with E-state index in [9.17, 15) is 4.79 Å². The van der Waals surface area contributed by atoms with E-state index in [2.05, 4.69) is 11.1 Å². The predicted octanol–water partition coefficient (Wildman–Crippen LogP) is 2.16. The van der Waals surface area contributed by atoms with Crippen LogP contribution in [0.4, 0.5) is 0 Å². The smallest absolute Gasteiger partial charge is 0.136 e. The summed E-state index contributed by atoms with van der Waals surface area (Å²) in [6.07, 6.45) is 5.33. The maximum absolute atomic E-state index is 11.3. The number of carbonyl (C=O) groups is 1. The van der Waals surface area contributed by atoms with Crippen molar-refractivity contribution in [3.05, 3.63) is 30.1 Å². The summed E-state index contributed by atoms with van der Waals surface area (Å²) in [6.45, 7) is 1.93. The number of Topliss-reactive ketones (excluding diaryl/α,β-unsaturated/α-hetero) is 1. The quantitative estimate of drug-likeness (QED) is 0.704. The number of ketones is 1. The van der Waals surface area contributed by atoms with Gasteiger partial charge >= 0.3 is 0 Å². The molecule has 1 heterocycles. The summed E-state index contributed by atoms with van der Waals surface area (Å²) in [5.41, 5.74) is 1.22. The molecular formula is C11H13NO. The van der Waals surface area contributed by atoms with Crippen LogP contribution in [0.15, 0.2) is 24.5 Å². The molecule has 1 aliphatic carbocycles. The average molecular weight is 175 g/mol. The zero-order chi connectivity index (χ0) is 9.26. The SMILES string of the molecule is CCC(=O)[C@H]1C[C@@H]1c1cccnc1. The molecule has 1 fully saturated rings. The van der Waals surface area contributed by atoms with Crippen LogP contribution in [-0.2, 0) is 4.79 Å². The van der Waals surface area contributed by atoms with Crippen molar-refractivity contribution in [2.45, 2.75) is 25.7 Å². The van der Waals surface area contributed by atoms with Crippen molar-refractivity contribution in [3.63, 3.8) is 0 Å². The van der Waals surface area contributed by atoms with Gasteiger partial charge in [-0.2, -0.15) is 0 Å². The Hall–Kier alpha value is -1.18. The Morgan fingerprint density at radius 2 is 2.54 bits per heavy atom. The minimum atomic E-state index is 0.286. The minimum Gasteiger partial charge on any atom is -0.299 e. The highest BCUT2D eigenvalue weighted by atomic mass is 16.1. The van der Waals surface area contributed by atoms with E-state index in [-0.39, 0.29) is 5.92 Å². The van der Waals surface area contributed by atoms with Crippen molar-refractivity contribution >= 4 is 5.78 Å². The third-order valence-corrected chi connectivity index (χ3v) is 2.67. The summed E-state index contributed by atoms with van der Waals surface area (Å²) in [6, 6.07) is 3.99. The predicted molar refractivity (Wildman–Crippen MR) is 50.4 cm³/mol. The summed E-state index contributed by atoms with van der Waals surface area (Å²) in [7, 11) is 0. The van der Waals surface area contributed by atoms with Crippen LogP contribution >= 0.6 is 0 Å². The zero-order valence-corrected chi connectivity index (χ0v) is 7.73. The Bertz CT molecular complexity index is 307. The summed E-state index contributed by atoms with van der Waals surface area (Å²) >= 11 is 0. The number of carbonyl (C=O) groups excluding carboxylic acids is 1. The summed E-state index contributed by atoms with van der Waals surface area (Å²) in [5, 5.41) is 0. The second-order valence-electron chi connectivity index (χ2n) is 3.55. The highest BCUT2D eigenvalue weighted by molar-refractivity contribution is 5.84. The third kappa shape index (κ3) is 1.62. The lowest BCUT2D eigenvalue weighted by molar-refractivity contribution is -0.120. The van der Waals surface area contributed by atoms with Gasteiger partial charge in [0.05, 0.1) is 0 Å². The molecule has 1 aromatic heterocycles. The molecule has 0 bridgehead atoms. The first-order valence-electron chi connectivity index (χ1n) is 4.75. The minimum absolute atomic E-state index is 0.286. The number of rotatable bonds is 3. The third-order valence-electron chi connectivity index (χ3n) is 2.67. The monoisotopic (exact) mass is 175 g/mol. The second-order valence-corrected chi connectivity index (χ2v) is 3.55. The highest BCUT2D eigenvalue weighted by Crippen LogP contribution is 2.48. The fraction of sp³-hybridized carbons (Fsp3) is 0.455. The van der Waals surface area contributed by atoms with Gasteiger partial charge in [0.25, 0.3) is 0 Å². The molecule has 1 aliphatic rings. The van der Waals surface area contributed by atoms with Gasteiger partial charge in [0.15, 0.2) is 0 Å². The maximum atomic E-state index is 11.3. The van der Waals surface area contributed by atoms with E-state index in [1.165, 1.54) is 5.56 Å². The number of hydrogen-bond donors (Lipinski definition) is 0. The molecular weight excluding hydrogens is 162 g/mol. The average Bonchev–Trinajstić information content (AvgIpc) is 2.98. The van der Waals surface area contributed by atoms with Crippen LogP contribution in [0.5, 0.6) is 0 Å². The normalized spacial score (nSPS) is 25.6. The summed E-state index contributed by atoms with van der Waals surface area (Å²) in [4.78, 5) is 15.4. The first-order chi connectivity index (χ1) is 6.33. The number of aromatic nitrogens is 1.